The summed E-state index contributed by atoms with van der Waals surface area (Å²) in [7, 11) is 1.51. The van der Waals surface area contributed by atoms with Crippen LogP contribution in [-0.4, -0.2) is 46.4 Å². The summed E-state index contributed by atoms with van der Waals surface area (Å²) in [4.78, 5) is 21.9. The van der Waals surface area contributed by atoms with Crippen molar-refractivity contribution in [3.8, 4) is 17.0 Å². The molecule has 0 unspecified atom stereocenters. The van der Waals surface area contributed by atoms with Gasteiger partial charge in [0.15, 0.2) is 5.69 Å². The van der Waals surface area contributed by atoms with E-state index in [1.54, 1.807) is 0 Å². The molecule has 8 nitrogen and oxygen atoms in total. The largest absolute Gasteiger partial charge is 0.496 e. The lowest BCUT2D eigenvalue weighted by Gasteiger charge is -2.47. The van der Waals surface area contributed by atoms with Crippen molar-refractivity contribution in [2.45, 2.75) is 44.2 Å². The van der Waals surface area contributed by atoms with Gasteiger partial charge in [-0.3, -0.25) is 4.98 Å². The molecule has 7 rings (SSSR count). The molecule has 2 fully saturated rings. The van der Waals surface area contributed by atoms with E-state index in [2.05, 4.69) is 26.1 Å². The summed E-state index contributed by atoms with van der Waals surface area (Å²) in [5.41, 5.74) is 2.55. The Morgan fingerprint density at radius 2 is 1.93 bits per heavy atom. The van der Waals surface area contributed by atoms with Crippen LogP contribution in [0.5, 0.6) is 5.75 Å². The minimum Gasteiger partial charge on any atom is -0.496 e. The molecule has 1 saturated carbocycles. The smallest absolute Gasteiger partial charge is 0.417 e. The summed E-state index contributed by atoms with van der Waals surface area (Å²) in [6, 6.07) is 8.15. The van der Waals surface area contributed by atoms with E-state index in [1.165, 1.54) is 19.4 Å². The summed E-state index contributed by atoms with van der Waals surface area (Å²) in [6.07, 6.45) is 4.48. The van der Waals surface area contributed by atoms with E-state index >= 15 is 0 Å². The molecule has 0 amide bonds. The van der Waals surface area contributed by atoms with Crippen LogP contribution in [0.1, 0.15) is 65.4 Å². The molecule has 1 N–H and O–H groups in total. The highest BCUT2D eigenvalue weighted by atomic mass is 19.4. The minimum atomic E-state index is -4.53. The van der Waals surface area contributed by atoms with Gasteiger partial charge in [0.05, 0.1) is 18.2 Å². The molecule has 0 bridgehead atoms. The molecule has 1 aromatic carbocycles. The van der Waals surface area contributed by atoms with Gasteiger partial charge in [0.2, 0.25) is 0 Å². The van der Waals surface area contributed by atoms with Gasteiger partial charge in [0.25, 0.3) is 0 Å². The number of aromatic carboxylic acids is 1. The van der Waals surface area contributed by atoms with Crippen LogP contribution in [0.4, 0.5) is 18.9 Å². The van der Waals surface area contributed by atoms with E-state index in [0.717, 1.165) is 74.1 Å². The van der Waals surface area contributed by atoms with Crippen molar-refractivity contribution in [3.63, 3.8) is 0 Å². The predicted molar refractivity (Wildman–Crippen MR) is 148 cm³/mol. The van der Waals surface area contributed by atoms with Crippen molar-refractivity contribution in [3.05, 3.63) is 71.4 Å². The molecular weight excluding hydrogens is 549 g/mol. The number of benzene rings is 1. The number of hydrogen-bond acceptors (Lipinski definition) is 7. The van der Waals surface area contributed by atoms with Gasteiger partial charge in [-0.1, -0.05) is 11.2 Å². The Morgan fingerprint density at radius 1 is 1.17 bits per heavy atom. The van der Waals surface area contributed by atoms with Gasteiger partial charge in [-0.2, -0.15) is 13.2 Å². The number of carboxylic acid groups (broad SMARTS) is 1. The molecular formula is C31H27F3N4O4. The number of carboxylic acids is 1. The summed E-state index contributed by atoms with van der Waals surface area (Å²) in [6.45, 7) is 1.59. The van der Waals surface area contributed by atoms with Gasteiger partial charge in [0.1, 0.15) is 17.2 Å². The zero-order chi connectivity index (χ0) is 29.2. The molecule has 1 saturated heterocycles. The number of rotatable bonds is 6. The summed E-state index contributed by atoms with van der Waals surface area (Å²) in [5, 5.41) is 14.2. The van der Waals surface area contributed by atoms with Crippen molar-refractivity contribution in [2.75, 3.05) is 25.1 Å². The molecule has 2 aliphatic carbocycles. The quantitative estimate of drug-likeness (QED) is 0.263. The first-order chi connectivity index (χ1) is 20.2. The molecule has 0 radical (unpaired) electrons. The number of anilines is 1. The highest BCUT2D eigenvalue weighted by molar-refractivity contribution is 5.94. The Hall–Kier alpha value is -4.41. The van der Waals surface area contributed by atoms with E-state index in [4.69, 9.17) is 9.26 Å². The molecule has 4 aromatic rings. The summed E-state index contributed by atoms with van der Waals surface area (Å²) >= 11 is 0. The number of ether oxygens (including phenoxy) is 1. The van der Waals surface area contributed by atoms with Crippen molar-refractivity contribution >= 4 is 28.1 Å². The third-order valence-electron chi connectivity index (χ3n) is 8.71. The van der Waals surface area contributed by atoms with Gasteiger partial charge < -0.3 is 19.3 Å². The Kier molecular flexibility index (Phi) is 6.04. The van der Waals surface area contributed by atoms with Gasteiger partial charge in [-0.05, 0) is 67.4 Å². The number of fused-ring (bicyclic) bond motifs is 1. The highest BCUT2D eigenvalue weighted by Gasteiger charge is 2.45. The zero-order valence-electron chi connectivity index (χ0n) is 22.7. The number of alkyl halides is 3. The second kappa shape index (κ2) is 9.57. The van der Waals surface area contributed by atoms with Gasteiger partial charge in [-0.15, -0.1) is 0 Å². The first-order valence-corrected chi connectivity index (χ1v) is 13.9. The maximum Gasteiger partial charge on any atom is 0.417 e. The Morgan fingerprint density at radius 3 is 2.60 bits per heavy atom. The lowest BCUT2D eigenvalue weighted by Crippen LogP contribution is -2.42. The number of nitrogens with zero attached hydrogens (tertiary/aromatic N) is 4. The third kappa shape index (κ3) is 4.47. The first-order valence-electron chi connectivity index (χ1n) is 13.9. The van der Waals surface area contributed by atoms with Gasteiger partial charge >= 0.3 is 12.1 Å². The molecule has 3 aromatic heterocycles. The summed E-state index contributed by atoms with van der Waals surface area (Å²) in [5.74, 6) is 0.220. The van der Waals surface area contributed by atoms with Crippen LogP contribution >= 0.6 is 0 Å². The number of halogens is 3. The fraction of sp³-hybridized carbons (Fsp3) is 0.355. The van der Waals surface area contributed by atoms with Crippen LogP contribution in [0, 0.1) is 5.41 Å². The number of aromatic nitrogens is 3. The van der Waals surface area contributed by atoms with Crippen molar-refractivity contribution in [1.29, 1.82) is 0 Å². The van der Waals surface area contributed by atoms with E-state index in [9.17, 15) is 23.1 Å². The average molecular weight is 577 g/mol. The molecule has 42 heavy (non-hydrogen) atoms. The van der Waals surface area contributed by atoms with Crippen LogP contribution in [0.25, 0.3) is 27.7 Å². The SMILES string of the molecule is COc1cc(C(=O)O)nc2ccc(N3CCC4(C=C(c5c(-c6cnccc6C(F)(F)F)noc5C5CC5)C4)CC3)cc12. The number of piperidine rings is 1. The second-order valence-electron chi connectivity index (χ2n) is 11.4. The number of allylic oxidation sites excluding steroid dienone is 2. The van der Waals surface area contributed by atoms with E-state index < -0.39 is 17.7 Å². The van der Waals surface area contributed by atoms with E-state index in [-0.39, 0.29) is 28.3 Å². The molecule has 3 aliphatic rings. The zero-order valence-corrected chi connectivity index (χ0v) is 22.7. The second-order valence-corrected chi connectivity index (χ2v) is 11.4. The molecule has 4 heterocycles. The number of carbonyl (C=O) groups is 1. The Bertz CT molecular complexity index is 1750. The standard InChI is InChI=1S/C31H27F3N4O4/c1-41-25-13-24(29(39)40)36-23-5-4-19(12-20(23)25)38-10-7-30(8-11-38)14-18(15-30)26-27(37-42-28(26)17-2-3-17)21-16-35-9-6-22(21)31(32,33)34/h4-6,9,12-14,16-17H,2-3,7-8,10-11,15H2,1H3,(H,39,40). The number of hydrogen-bond donors (Lipinski definition) is 1. The molecule has 1 aliphatic heterocycles. The predicted octanol–water partition coefficient (Wildman–Crippen LogP) is 6.96. The molecule has 216 valence electrons. The maximum absolute atomic E-state index is 13.8. The van der Waals surface area contributed by atoms with Crippen molar-refractivity contribution < 1.29 is 32.3 Å². The average Bonchev–Trinajstić information content (AvgIpc) is 3.72. The fourth-order valence-electron chi connectivity index (χ4n) is 6.32. The topological polar surface area (TPSA) is 102 Å². The molecule has 11 heteroatoms. The Balaban J connectivity index is 1.15. The summed E-state index contributed by atoms with van der Waals surface area (Å²) < 4.78 is 52.7. The Labute approximate surface area is 238 Å². The van der Waals surface area contributed by atoms with Crippen LogP contribution in [0.3, 0.4) is 0 Å². The molecule has 1 spiro atoms. The van der Waals surface area contributed by atoms with Crippen LogP contribution < -0.4 is 9.64 Å². The normalized spacial score (nSPS) is 18.2. The minimum absolute atomic E-state index is 0.0323. The van der Waals surface area contributed by atoms with Crippen LogP contribution in [-0.2, 0) is 6.18 Å². The van der Waals surface area contributed by atoms with Crippen LogP contribution in [0.2, 0.25) is 0 Å². The number of pyridine rings is 2. The number of methoxy groups -OCH3 is 1. The lowest BCUT2D eigenvalue weighted by atomic mass is 9.63. The maximum atomic E-state index is 13.8. The van der Waals surface area contributed by atoms with Crippen LogP contribution in [0.15, 0.2) is 53.3 Å². The lowest BCUT2D eigenvalue weighted by molar-refractivity contribution is -0.137. The monoisotopic (exact) mass is 576 g/mol. The first kappa shape index (κ1) is 26.5. The van der Waals surface area contributed by atoms with E-state index in [0.29, 0.717) is 22.6 Å². The van der Waals surface area contributed by atoms with E-state index in [1.807, 2.05) is 18.2 Å². The fourth-order valence-corrected chi connectivity index (χ4v) is 6.32. The molecule has 0 atom stereocenters. The van der Waals surface area contributed by atoms with Crippen molar-refractivity contribution in [1.82, 2.24) is 15.1 Å². The van der Waals surface area contributed by atoms with Gasteiger partial charge in [0, 0.05) is 59.7 Å². The van der Waals surface area contributed by atoms with Crippen molar-refractivity contribution in [2.24, 2.45) is 5.41 Å². The third-order valence-corrected chi connectivity index (χ3v) is 8.71. The van der Waals surface area contributed by atoms with Gasteiger partial charge in [-0.25, -0.2) is 9.78 Å². The highest BCUT2D eigenvalue weighted by Crippen LogP contribution is 2.56.